The van der Waals surface area contributed by atoms with Crippen molar-refractivity contribution in [2.45, 2.75) is 26.7 Å². The molecule has 0 N–H and O–H groups in total. The molecule has 1 saturated heterocycles. The number of aromatic nitrogens is 1. The zero-order valence-electron chi connectivity index (χ0n) is 17.7. The summed E-state index contributed by atoms with van der Waals surface area (Å²) in [6.07, 6.45) is 1.26. The highest BCUT2D eigenvalue weighted by Crippen LogP contribution is 2.34. The molecule has 168 valence electrons. The van der Waals surface area contributed by atoms with Crippen molar-refractivity contribution in [2.24, 2.45) is 0 Å². The minimum absolute atomic E-state index is 0. The topological polar surface area (TPSA) is 45.7 Å². The molecule has 9 heteroatoms. The van der Waals surface area contributed by atoms with Gasteiger partial charge >= 0.3 is 0 Å². The molecule has 0 spiro atoms. The fourth-order valence-corrected chi connectivity index (χ4v) is 5.89. The first-order valence-electron chi connectivity index (χ1n) is 10.2. The molecule has 0 saturated carbocycles. The summed E-state index contributed by atoms with van der Waals surface area (Å²) >= 11 is 9.14. The lowest BCUT2D eigenvalue weighted by atomic mass is 10.1. The summed E-state index contributed by atoms with van der Waals surface area (Å²) in [5, 5.41) is 0.789. The van der Waals surface area contributed by atoms with Gasteiger partial charge in [0.15, 0.2) is 5.13 Å². The molecule has 5 nitrogen and oxygen atoms in total. The van der Waals surface area contributed by atoms with E-state index in [9.17, 15) is 4.79 Å². The highest BCUT2D eigenvalue weighted by Gasteiger charge is 2.22. The largest absolute Gasteiger partial charge is 0.379 e. The summed E-state index contributed by atoms with van der Waals surface area (Å²) in [5.74, 6) is 0.0739. The number of fused-ring (bicyclic) bond motifs is 1. The van der Waals surface area contributed by atoms with Crippen LogP contribution in [0.4, 0.5) is 5.13 Å². The SMILES string of the molecule is Cc1ccc(C)c2sc(N(CCCN3CCOCC3)C(=O)Cc3ccc(Cl)s3)nc12.Cl. The number of hydrogen-bond acceptors (Lipinski definition) is 6. The maximum Gasteiger partial charge on any atom is 0.234 e. The summed E-state index contributed by atoms with van der Waals surface area (Å²) in [6.45, 7) is 9.29. The summed E-state index contributed by atoms with van der Waals surface area (Å²) in [4.78, 5) is 23.4. The van der Waals surface area contributed by atoms with Crippen molar-refractivity contribution in [2.75, 3.05) is 44.3 Å². The number of benzene rings is 1. The van der Waals surface area contributed by atoms with Gasteiger partial charge in [0.05, 0.1) is 34.2 Å². The molecule has 2 aromatic heterocycles. The van der Waals surface area contributed by atoms with E-state index in [1.165, 1.54) is 16.9 Å². The Morgan fingerprint density at radius 2 is 1.90 bits per heavy atom. The summed E-state index contributed by atoms with van der Waals surface area (Å²) < 4.78 is 7.31. The minimum atomic E-state index is 0. The molecule has 0 atom stereocenters. The van der Waals surface area contributed by atoms with Gasteiger partial charge in [-0.05, 0) is 43.5 Å². The lowest BCUT2D eigenvalue weighted by molar-refractivity contribution is -0.118. The van der Waals surface area contributed by atoms with Crippen molar-refractivity contribution in [3.63, 3.8) is 0 Å². The third-order valence-corrected chi connectivity index (χ3v) is 7.82. The van der Waals surface area contributed by atoms with Gasteiger partial charge in [0, 0.05) is 31.1 Å². The van der Waals surface area contributed by atoms with Gasteiger partial charge in [-0.25, -0.2) is 4.98 Å². The molecule has 0 aliphatic carbocycles. The lowest BCUT2D eigenvalue weighted by Gasteiger charge is -2.27. The van der Waals surface area contributed by atoms with E-state index >= 15 is 0 Å². The van der Waals surface area contributed by atoms with Crippen LogP contribution in [0.5, 0.6) is 0 Å². The zero-order chi connectivity index (χ0) is 21.1. The number of hydrogen-bond donors (Lipinski definition) is 0. The van der Waals surface area contributed by atoms with Crippen LogP contribution in [0.25, 0.3) is 10.2 Å². The third-order valence-electron chi connectivity index (χ3n) is 5.38. The molecule has 1 aliphatic rings. The summed E-state index contributed by atoms with van der Waals surface area (Å²) in [5.41, 5.74) is 3.34. The molecule has 1 aliphatic heterocycles. The van der Waals surface area contributed by atoms with Crippen LogP contribution in [0, 0.1) is 13.8 Å². The lowest BCUT2D eigenvalue weighted by Crippen LogP contribution is -2.39. The second-order valence-corrected chi connectivity index (χ2v) is 10.4. The maximum absolute atomic E-state index is 13.3. The monoisotopic (exact) mass is 499 g/mol. The minimum Gasteiger partial charge on any atom is -0.379 e. The van der Waals surface area contributed by atoms with Crippen LogP contribution < -0.4 is 4.90 Å². The van der Waals surface area contributed by atoms with E-state index in [2.05, 4.69) is 30.9 Å². The van der Waals surface area contributed by atoms with Crippen molar-refractivity contribution in [1.82, 2.24) is 9.88 Å². The fourth-order valence-electron chi connectivity index (χ4n) is 3.66. The Kier molecular flexibility index (Phi) is 8.73. The average molecular weight is 501 g/mol. The quantitative estimate of drug-likeness (QED) is 0.439. The molecule has 1 amide bonds. The number of anilines is 1. The van der Waals surface area contributed by atoms with E-state index in [4.69, 9.17) is 21.3 Å². The number of aryl methyl sites for hydroxylation is 2. The highest BCUT2D eigenvalue weighted by atomic mass is 35.5. The highest BCUT2D eigenvalue weighted by molar-refractivity contribution is 7.22. The van der Waals surface area contributed by atoms with Crippen LogP contribution in [0.2, 0.25) is 4.34 Å². The molecule has 1 fully saturated rings. The van der Waals surface area contributed by atoms with E-state index in [0.29, 0.717) is 17.3 Å². The first-order chi connectivity index (χ1) is 14.5. The number of halogens is 2. The molecule has 0 unspecified atom stereocenters. The molecule has 0 bridgehead atoms. The van der Waals surface area contributed by atoms with Crippen molar-refractivity contribution >= 4 is 67.9 Å². The van der Waals surface area contributed by atoms with Gasteiger partial charge in [0.1, 0.15) is 0 Å². The van der Waals surface area contributed by atoms with Crippen LogP contribution in [0.1, 0.15) is 22.4 Å². The van der Waals surface area contributed by atoms with Gasteiger partial charge in [0.25, 0.3) is 0 Å². The van der Waals surface area contributed by atoms with Gasteiger partial charge in [-0.1, -0.05) is 35.1 Å². The molecule has 31 heavy (non-hydrogen) atoms. The van der Waals surface area contributed by atoms with Crippen molar-refractivity contribution < 1.29 is 9.53 Å². The van der Waals surface area contributed by atoms with Gasteiger partial charge in [0.2, 0.25) is 5.91 Å². The molecule has 4 rings (SSSR count). The van der Waals surface area contributed by atoms with Gasteiger partial charge in [-0.15, -0.1) is 23.7 Å². The number of morpholine rings is 1. The van der Waals surface area contributed by atoms with E-state index in [1.54, 1.807) is 11.3 Å². The van der Waals surface area contributed by atoms with Crippen LogP contribution >= 0.6 is 46.7 Å². The Hall–Kier alpha value is -1.22. The number of thiophene rings is 1. The predicted octanol–water partition coefficient (Wildman–Crippen LogP) is 5.35. The third kappa shape index (κ3) is 5.97. The average Bonchev–Trinajstić information content (AvgIpc) is 3.36. The molecular weight excluding hydrogens is 473 g/mol. The maximum atomic E-state index is 13.3. The smallest absolute Gasteiger partial charge is 0.234 e. The van der Waals surface area contributed by atoms with Crippen LogP contribution in [-0.2, 0) is 16.0 Å². The van der Waals surface area contributed by atoms with Crippen LogP contribution in [-0.4, -0.2) is 55.2 Å². The normalized spacial score (nSPS) is 14.5. The molecule has 3 aromatic rings. The number of thiazole rings is 1. The Labute approximate surface area is 202 Å². The van der Waals surface area contributed by atoms with Crippen molar-refractivity contribution in [1.29, 1.82) is 0 Å². The molecular formula is C22H27Cl2N3O2S2. The van der Waals surface area contributed by atoms with Gasteiger partial charge in [-0.3, -0.25) is 14.6 Å². The molecule has 1 aromatic carbocycles. The Bertz CT molecular complexity index is 992. The first kappa shape index (κ1) is 24.4. The predicted molar refractivity (Wildman–Crippen MR) is 134 cm³/mol. The van der Waals surface area contributed by atoms with Gasteiger partial charge < -0.3 is 4.74 Å². The Morgan fingerprint density at radius 3 is 2.58 bits per heavy atom. The Balaban J connectivity index is 0.00000272. The summed E-state index contributed by atoms with van der Waals surface area (Å²) in [7, 11) is 0. The van der Waals surface area contributed by atoms with Crippen LogP contribution in [0.15, 0.2) is 24.3 Å². The van der Waals surface area contributed by atoms with E-state index in [-0.39, 0.29) is 18.3 Å². The first-order valence-corrected chi connectivity index (χ1v) is 12.2. The Morgan fingerprint density at radius 1 is 1.16 bits per heavy atom. The number of rotatable bonds is 7. The number of amides is 1. The molecule has 3 heterocycles. The van der Waals surface area contributed by atoms with Gasteiger partial charge in [-0.2, -0.15) is 0 Å². The fraction of sp³-hybridized carbons (Fsp3) is 0.455. The number of ether oxygens (including phenoxy) is 1. The number of carbonyl (C=O) groups is 1. The number of nitrogens with zero attached hydrogens (tertiary/aromatic N) is 3. The number of carbonyl (C=O) groups excluding carboxylic acids is 1. The standard InChI is InChI=1S/C22H26ClN3O2S2.ClH/c1-15-4-5-16(2)21-20(15)24-22(30-21)26(9-3-8-25-10-12-28-13-11-25)19(27)14-17-6-7-18(23)29-17;/h4-7H,3,8-14H2,1-2H3;1H. The summed E-state index contributed by atoms with van der Waals surface area (Å²) in [6, 6.07) is 8.00. The second kappa shape index (κ2) is 11.1. The van der Waals surface area contributed by atoms with Crippen LogP contribution in [0.3, 0.4) is 0 Å². The van der Waals surface area contributed by atoms with E-state index < -0.39 is 0 Å². The second-order valence-electron chi connectivity index (χ2n) is 7.61. The van der Waals surface area contributed by atoms with Crippen molar-refractivity contribution in [3.8, 4) is 0 Å². The van der Waals surface area contributed by atoms with E-state index in [1.807, 2.05) is 17.0 Å². The van der Waals surface area contributed by atoms with Crippen molar-refractivity contribution in [3.05, 3.63) is 44.6 Å². The zero-order valence-corrected chi connectivity index (χ0v) is 20.9. The van der Waals surface area contributed by atoms with E-state index in [0.717, 1.165) is 65.1 Å². The molecule has 0 radical (unpaired) electrons.